The van der Waals surface area contributed by atoms with Crippen molar-refractivity contribution < 1.29 is 28.9 Å². The van der Waals surface area contributed by atoms with Gasteiger partial charge in [0.05, 0.1) is 18.4 Å². The minimum absolute atomic E-state index is 0.0524. The van der Waals surface area contributed by atoms with Crippen LogP contribution in [0.3, 0.4) is 0 Å². The largest absolute Gasteiger partial charge is 0.488 e. The number of aromatic nitrogens is 1. The van der Waals surface area contributed by atoms with Gasteiger partial charge in [0, 0.05) is 5.69 Å². The summed E-state index contributed by atoms with van der Waals surface area (Å²) in [6, 6.07) is 9.72. The van der Waals surface area contributed by atoms with Crippen molar-refractivity contribution in [2.75, 3.05) is 46.4 Å². The summed E-state index contributed by atoms with van der Waals surface area (Å²) in [5.41, 5.74) is 2.35. The molecule has 1 aliphatic heterocycles. The van der Waals surface area contributed by atoms with Crippen LogP contribution in [0, 0.1) is 13.8 Å². The van der Waals surface area contributed by atoms with Gasteiger partial charge >= 0.3 is 5.97 Å². The number of rotatable bonds is 8. The number of aryl methyl sites for hydroxylation is 1. The number of Topliss-reactive ketones (excluding diaryl/α,β-unsaturated/α-hetero) is 1. The van der Waals surface area contributed by atoms with E-state index >= 15 is 0 Å². The fourth-order valence-corrected chi connectivity index (χ4v) is 4.24. The van der Waals surface area contributed by atoms with E-state index in [-0.39, 0.29) is 11.8 Å². The molecule has 2 aromatic rings. The van der Waals surface area contributed by atoms with E-state index in [1.54, 1.807) is 13.8 Å². The minimum atomic E-state index is -0.407. The molecule has 0 radical (unpaired) electrons. The number of ketones is 1. The van der Waals surface area contributed by atoms with Crippen LogP contribution in [-0.4, -0.2) is 69.2 Å². The van der Waals surface area contributed by atoms with E-state index in [0.29, 0.717) is 29.1 Å². The highest BCUT2D eigenvalue weighted by molar-refractivity contribution is 6.03. The van der Waals surface area contributed by atoms with Gasteiger partial charge in [0.2, 0.25) is 5.78 Å². The van der Waals surface area contributed by atoms with Gasteiger partial charge in [0.15, 0.2) is 6.04 Å². The van der Waals surface area contributed by atoms with Crippen LogP contribution in [0.5, 0.6) is 5.75 Å². The van der Waals surface area contributed by atoms with Crippen molar-refractivity contribution in [2.24, 2.45) is 0 Å². The number of ether oxygens (including phenoxy) is 2. The first-order valence-electron chi connectivity index (χ1n) is 10.6. The molecule has 0 amide bonds. The van der Waals surface area contributed by atoms with Crippen LogP contribution in [0.25, 0.3) is 0 Å². The maximum Gasteiger partial charge on any atom is 0.339 e. The number of aromatic amines is 1. The van der Waals surface area contributed by atoms with Gasteiger partial charge in [-0.05, 0) is 38.5 Å². The molecular formula is C23H33N3O4+2. The molecule has 1 aromatic carbocycles. The monoisotopic (exact) mass is 415 g/mol. The van der Waals surface area contributed by atoms with Gasteiger partial charge in [0.25, 0.3) is 0 Å². The molecule has 2 heterocycles. The Labute approximate surface area is 178 Å². The number of quaternary nitrogens is 2. The predicted octanol–water partition coefficient (Wildman–Crippen LogP) is -0.148. The summed E-state index contributed by atoms with van der Waals surface area (Å²) >= 11 is 0. The highest BCUT2D eigenvalue weighted by Gasteiger charge is 2.34. The lowest BCUT2D eigenvalue weighted by atomic mass is 10.0. The van der Waals surface area contributed by atoms with E-state index in [1.165, 1.54) is 16.9 Å². The van der Waals surface area contributed by atoms with Gasteiger partial charge in [-0.25, -0.2) is 4.79 Å². The third-order valence-electron chi connectivity index (χ3n) is 6.15. The van der Waals surface area contributed by atoms with E-state index in [2.05, 4.69) is 4.98 Å². The second kappa shape index (κ2) is 9.91. The summed E-state index contributed by atoms with van der Waals surface area (Å²) in [4.78, 5) is 31.0. The van der Waals surface area contributed by atoms with Gasteiger partial charge in [-0.3, -0.25) is 4.79 Å². The van der Waals surface area contributed by atoms with Crippen molar-refractivity contribution in [1.82, 2.24) is 4.98 Å². The third-order valence-corrected chi connectivity index (χ3v) is 6.15. The summed E-state index contributed by atoms with van der Waals surface area (Å²) < 4.78 is 10.7. The van der Waals surface area contributed by atoms with E-state index in [0.717, 1.165) is 38.5 Å². The van der Waals surface area contributed by atoms with Crippen molar-refractivity contribution >= 4 is 11.8 Å². The summed E-state index contributed by atoms with van der Waals surface area (Å²) in [5.74, 6) is 0.551. The predicted molar refractivity (Wildman–Crippen MR) is 114 cm³/mol. The van der Waals surface area contributed by atoms with Crippen LogP contribution >= 0.6 is 0 Å². The number of nitrogens with one attached hydrogen (secondary N) is 3. The van der Waals surface area contributed by atoms with Crippen LogP contribution in [0.15, 0.2) is 30.3 Å². The molecule has 162 valence electrons. The highest BCUT2D eigenvalue weighted by atomic mass is 16.5. The topological polar surface area (TPSA) is 77.3 Å². The Morgan fingerprint density at radius 1 is 1.10 bits per heavy atom. The van der Waals surface area contributed by atoms with Crippen LogP contribution in [0.1, 0.15) is 39.0 Å². The number of hydrogen-bond donors (Lipinski definition) is 3. The molecule has 7 nitrogen and oxygen atoms in total. The Morgan fingerprint density at radius 3 is 2.40 bits per heavy atom. The average Bonchev–Trinajstić information content (AvgIpc) is 3.07. The molecule has 0 saturated carbocycles. The molecule has 7 heteroatoms. The van der Waals surface area contributed by atoms with Crippen molar-refractivity contribution in [3.63, 3.8) is 0 Å². The zero-order chi connectivity index (χ0) is 21.7. The number of piperazine rings is 1. The molecule has 0 bridgehead atoms. The molecule has 0 aliphatic carbocycles. The number of carbonyl (C=O) groups is 2. The van der Waals surface area contributed by atoms with Crippen LogP contribution in [-0.2, 0) is 4.74 Å². The number of methoxy groups -OCH3 is 1. The van der Waals surface area contributed by atoms with Crippen molar-refractivity contribution in [2.45, 2.75) is 26.8 Å². The van der Waals surface area contributed by atoms with Crippen LogP contribution in [0.2, 0.25) is 0 Å². The molecule has 30 heavy (non-hydrogen) atoms. The normalized spacial score (nSPS) is 19.9. The second-order valence-electron chi connectivity index (χ2n) is 8.02. The molecule has 3 rings (SSSR count). The summed E-state index contributed by atoms with van der Waals surface area (Å²) in [7, 11) is 1.36. The number of hydrogen-bond acceptors (Lipinski definition) is 4. The molecule has 1 atom stereocenters. The maximum absolute atomic E-state index is 13.1. The number of esters is 1. The smallest absolute Gasteiger partial charge is 0.339 e. The fraction of sp³-hybridized carbons (Fsp3) is 0.478. The molecule has 1 saturated heterocycles. The van der Waals surface area contributed by atoms with E-state index in [9.17, 15) is 9.59 Å². The Balaban J connectivity index is 1.52. The van der Waals surface area contributed by atoms with Crippen LogP contribution in [0.4, 0.5) is 0 Å². The second-order valence-corrected chi connectivity index (χ2v) is 8.02. The van der Waals surface area contributed by atoms with Gasteiger partial charge in [0.1, 0.15) is 45.1 Å². The summed E-state index contributed by atoms with van der Waals surface area (Å²) in [6.07, 6.45) is 0. The number of carbonyl (C=O) groups excluding carboxylic acids is 2. The Kier molecular flexibility index (Phi) is 7.29. The number of H-pyrrole nitrogens is 1. The fourth-order valence-electron chi connectivity index (χ4n) is 4.24. The van der Waals surface area contributed by atoms with Crippen molar-refractivity contribution in [3.05, 3.63) is 52.8 Å². The SMILES string of the molecule is COC(=O)c1c(C)[nH]c(C(=O)[C@@H](C)[NH+]2CC[NH+](CCOc3ccccc3)CC2)c1C. The van der Waals surface area contributed by atoms with Crippen molar-refractivity contribution in [3.8, 4) is 5.75 Å². The molecular weight excluding hydrogens is 382 g/mol. The van der Waals surface area contributed by atoms with Crippen LogP contribution < -0.4 is 14.5 Å². The lowest BCUT2D eigenvalue weighted by Crippen LogP contribution is -3.30. The minimum Gasteiger partial charge on any atom is -0.488 e. The molecule has 3 N–H and O–H groups in total. The Bertz CT molecular complexity index is 870. The quantitative estimate of drug-likeness (QED) is 0.414. The lowest BCUT2D eigenvalue weighted by Gasteiger charge is -2.32. The maximum atomic E-state index is 13.1. The van der Waals surface area contributed by atoms with E-state index in [4.69, 9.17) is 9.47 Å². The Morgan fingerprint density at radius 2 is 1.77 bits per heavy atom. The molecule has 1 aromatic heterocycles. The third kappa shape index (κ3) is 4.91. The van der Waals surface area contributed by atoms with Crippen molar-refractivity contribution in [1.29, 1.82) is 0 Å². The van der Waals surface area contributed by atoms with E-state index < -0.39 is 5.97 Å². The first-order chi connectivity index (χ1) is 14.4. The number of benzene rings is 1. The first kappa shape index (κ1) is 22.1. The van der Waals surface area contributed by atoms with Gasteiger partial charge in [-0.2, -0.15) is 0 Å². The lowest BCUT2D eigenvalue weighted by molar-refractivity contribution is -1.02. The first-order valence-corrected chi connectivity index (χ1v) is 10.6. The Hall–Kier alpha value is -2.64. The molecule has 1 aliphatic rings. The molecule has 1 fully saturated rings. The van der Waals surface area contributed by atoms with Gasteiger partial charge < -0.3 is 24.3 Å². The number of para-hydroxylation sites is 1. The molecule has 0 unspecified atom stereocenters. The summed E-state index contributed by atoms with van der Waals surface area (Å²) in [6.45, 7) is 11.2. The van der Waals surface area contributed by atoms with E-state index in [1.807, 2.05) is 37.3 Å². The standard InChI is InChI=1S/C23H31N3O4/c1-16-20(23(28)29-4)17(2)24-21(16)22(27)18(3)26-12-10-25(11-13-26)14-15-30-19-8-6-5-7-9-19/h5-9,18,24H,10-15H2,1-4H3/p+2/t18-/m1/s1. The zero-order valence-corrected chi connectivity index (χ0v) is 18.3. The average molecular weight is 416 g/mol. The van der Waals surface area contributed by atoms with Gasteiger partial charge in [-0.1, -0.05) is 18.2 Å². The zero-order valence-electron chi connectivity index (χ0n) is 18.3. The van der Waals surface area contributed by atoms with Gasteiger partial charge in [-0.15, -0.1) is 0 Å². The molecule has 0 spiro atoms. The highest BCUT2D eigenvalue weighted by Crippen LogP contribution is 2.19. The summed E-state index contributed by atoms with van der Waals surface area (Å²) in [5, 5.41) is 0.